The van der Waals surface area contributed by atoms with Gasteiger partial charge in [-0.15, -0.1) is 0 Å². The van der Waals surface area contributed by atoms with Crippen molar-refractivity contribution in [3.8, 4) is 5.75 Å². The normalized spacial score (nSPS) is 9.96. The number of nitro groups is 1. The lowest BCUT2D eigenvalue weighted by Gasteiger charge is -2.05. The van der Waals surface area contributed by atoms with Crippen LogP contribution in [-0.2, 0) is 9.53 Å². The molecule has 9 nitrogen and oxygen atoms in total. The zero-order chi connectivity index (χ0) is 16.8. The number of carbonyl (C=O) groups excluding carboxylic acids is 2. The molecule has 2 aromatic rings. The number of nitrogens with one attached hydrogen (secondary N) is 1. The summed E-state index contributed by atoms with van der Waals surface area (Å²) in [6.07, 6.45) is 1.03. The molecule has 0 saturated carbocycles. The number of methoxy groups -OCH3 is 1. The Bertz CT molecular complexity index is 745. The van der Waals surface area contributed by atoms with E-state index in [4.69, 9.17) is 9.47 Å². The topological polar surface area (TPSA) is 121 Å². The number of rotatable bonds is 6. The summed E-state index contributed by atoms with van der Waals surface area (Å²) in [5.41, 5.74) is 0.238. The summed E-state index contributed by atoms with van der Waals surface area (Å²) in [7, 11) is 1.46. The standard InChI is InChI=1S/C13H11N3O6S/c1-21-9-4-2-3-8(5-9)12(18)22-7-10(17)15-13-14-6-11(23-13)16(19)20/h2-6H,7H2,1H3,(H,14,15,17). The fraction of sp³-hybridized carbons (Fsp3) is 0.154. The third-order valence-corrected chi connectivity index (χ3v) is 3.42. The predicted molar refractivity (Wildman–Crippen MR) is 80.7 cm³/mol. The molecule has 0 fully saturated rings. The molecule has 1 heterocycles. The molecule has 1 amide bonds. The predicted octanol–water partition coefficient (Wildman–Crippen LogP) is 1.86. The molecule has 0 unspecified atom stereocenters. The third-order valence-electron chi connectivity index (χ3n) is 2.56. The van der Waals surface area contributed by atoms with Gasteiger partial charge in [0, 0.05) is 0 Å². The second kappa shape index (κ2) is 7.31. The molecule has 0 radical (unpaired) electrons. The molecule has 10 heteroatoms. The lowest BCUT2D eigenvalue weighted by Crippen LogP contribution is -2.20. The number of nitrogens with zero attached hydrogens (tertiary/aromatic N) is 2. The second-order valence-corrected chi connectivity index (χ2v) is 5.13. The zero-order valence-corrected chi connectivity index (χ0v) is 12.7. The maximum Gasteiger partial charge on any atom is 0.345 e. The van der Waals surface area contributed by atoms with Crippen LogP contribution in [0.25, 0.3) is 0 Å². The number of carbonyl (C=O) groups is 2. The quantitative estimate of drug-likeness (QED) is 0.485. The Morgan fingerprint density at radius 3 is 2.87 bits per heavy atom. The number of amides is 1. The fourth-order valence-corrected chi connectivity index (χ4v) is 2.18. The van der Waals surface area contributed by atoms with Crippen molar-refractivity contribution in [2.45, 2.75) is 0 Å². The molecule has 0 bridgehead atoms. The Morgan fingerprint density at radius 1 is 1.43 bits per heavy atom. The van der Waals surface area contributed by atoms with Crippen molar-refractivity contribution in [3.63, 3.8) is 0 Å². The molecule has 1 aromatic heterocycles. The smallest absolute Gasteiger partial charge is 0.345 e. The molecule has 2 rings (SSSR count). The van der Waals surface area contributed by atoms with Crippen LogP contribution in [0.4, 0.5) is 10.1 Å². The zero-order valence-electron chi connectivity index (χ0n) is 11.8. The number of anilines is 1. The fourth-order valence-electron chi connectivity index (χ4n) is 1.53. The van der Waals surface area contributed by atoms with Gasteiger partial charge in [0.05, 0.1) is 17.6 Å². The maximum absolute atomic E-state index is 11.8. The number of hydrogen-bond donors (Lipinski definition) is 1. The average Bonchev–Trinajstić information content (AvgIpc) is 3.01. The van der Waals surface area contributed by atoms with E-state index in [-0.39, 0.29) is 15.7 Å². The van der Waals surface area contributed by atoms with E-state index in [1.54, 1.807) is 12.1 Å². The van der Waals surface area contributed by atoms with Crippen LogP contribution < -0.4 is 10.1 Å². The molecule has 0 spiro atoms. The lowest BCUT2D eigenvalue weighted by atomic mass is 10.2. The minimum absolute atomic E-state index is 0.0547. The summed E-state index contributed by atoms with van der Waals surface area (Å²) in [5, 5.41) is 12.7. The van der Waals surface area contributed by atoms with Crippen molar-refractivity contribution in [2.24, 2.45) is 0 Å². The van der Waals surface area contributed by atoms with Crippen LogP contribution in [0.1, 0.15) is 10.4 Å². The average molecular weight is 337 g/mol. The Kier molecular flexibility index (Phi) is 5.20. The molecule has 0 atom stereocenters. The molecule has 0 aliphatic carbocycles. The van der Waals surface area contributed by atoms with Gasteiger partial charge in [-0.1, -0.05) is 6.07 Å². The lowest BCUT2D eigenvalue weighted by molar-refractivity contribution is -0.380. The summed E-state index contributed by atoms with van der Waals surface area (Å²) < 4.78 is 9.83. The van der Waals surface area contributed by atoms with Gasteiger partial charge in [-0.05, 0) is 29.5 Å². The number of benzene rings is 1. The van der Waals surface area contributed by atoms with Crippen LogP contribution in [0.5, 0.6) is 5.75 Å². The van der Waals surface area contributed by atoms with Crippen LogP contribution in [-0.4, -0.2) is 35.5 Å². The minimum Gasteiger partial charge on any atom is -0.497 e. The highest BCUT2D eigenvalue weighted by Gasteiger charge is 2.15. The molecule has 1 aromatic carbocycles. The molecule has 23 heavy (non-hydrogen) atoms. The van der Waals surface area contributed by atoms with Gasteiger partial charge in [-0.25, -0.2) is 9.78 Å². The van der Waals surface area contributed by atoms with Gasteiger partial charge in [0.1, 0.15) is 11.9 Å². The summed E-state index contributed by atoms with van der Waals surface area (Å²) >= 11 is 0.706. The molecular formula is C13H11N3O6S. The number of esters is 1. The minimum atomic E-state index is -0.691. The van der Waals surface area contributed by atoms with Crippen LogP contribution in [0.15, 0.2) is 30.5 Å². The van der Waals surface area contributed by atoms with E-state index in [2.05, 4.69) is 10.3 Å². The van der Waals surface area contributed by atoms with Crippen LogP contribution in [0.3, 0.4) is 0 Å². The Labute approximate surface area is 134 Å². The van der Waals surface area contributed by atoms with E-state index < -0.39 is 23.4 Å². The first-order valence-electron chi connectivity index (χ1n) is 6.21. The number of aromatic nitrogens is 1. The Morgan fingerprint density at radius 2 is 2.22 bits per heavy atom. The van der Waals surface area contributed by atoms with Crippen molar-refractivity contribution in [2.75, 3.05) is 19.0 Å². The Hall–Kier alpha value is -3.01. The number of thiazole rings is 1. The third kappa shape index (κ3) is 4.48. The highest BCUT2D eigenvalue weighted by Crippen LogP contribution is 2.24. The van der Waals surface area contributed by atoms with Gasteiger partial charge in [0.2, 0.25) is 0 Å². The monoisotopic (exact) mass is 337 g/mol. The molecule has 0 aliphatic heterocycles. The van der Waals surface area contributed by atoms with Crippen LogP contribution in [0, 0.1) is 10.1 Å². The first-order valence-corrected chi connectivity index (χ1v) is 7.02. The first-order chi connectivity index (χ1) is 11.0. The largest absolute Gasteiger partial charge is 0.497 e. The second-order valence-electron chi connectivity index (χ2n) is 4.12. The van der Waals surface area contributed by atoms with Gasteiger partial charge in [0.25, 0.3) is 5.91 Å². The summed E-state index contributed by atoms with van der Waals surface area (Å²) in [6.45, 7) is -0.538. The van der Waals surface area contributed by atoms with Crippen molar-refractivity contribution in [1.82, 2.24) is 4.98 Å². The molecule has 120 valence electrons. The summed E-state index contributed by atoms with van der Waals surface area (Å²) in [5.74, 6) is -0.853. The van der Waals surface area contributed by atoms with Gasteiger partial charge in [0.15, 0.2) is 11.7 Å². The van der Waals surface area contributed by atoms with Gasteiger partial charge >= 0.3 is 11.0 Å². The molecular weight excluding hydrogens is 326 g/mol. The van der Waals surface area contributed by atoms with E-state index >= 15 is 0 Å². The first kappa shape index (κ1) is 16.4. The Balaban J connectivity index is 1.87. The summed E-state index contributed by atoms with van der Waals surface area (Å²) in [4.78, 5) is 37.0. The number of ether oxygens (including phenoxy) is 2. The van der Waals surface area contributed by atoms with E-state index in [0.717, 1.165) is 6.20 Å². The van der Waals surface area contributed by atoms with E-state index in [1.165, 1.54) is 19.2 Å². The summed E-state index contributed by atoms with van der Waals surface area (Å²) in [6, 6.07) is 6.28. The number of hydrogen-bond acceptors (Lipinski definition) is 8. The van der Waals surface area contributed by atoms with E-state index in [1.807, 2.05) is 0 Å². The van der Waals surface area contributed by atoms with Crippen molar-refractivity contribution < 1.29 is 24.0 Å². The van der Waals surface area contributed by atoms with E-state index in [0.29, 0.717) is 17.1 Å². The van der Waals surface area contributed by atoms with E-state index in [9.17, 15) is 19.7 Å². The van der Waals surface area contributed by atoms with Crippen LogP contribution in [0.2, 0.25) is 0 Å². The van der Waals surface area contributed by atoms with Crippen molar-refractivity contribution in [1.29, 1.82) is 0 Å². The van der Waals surface area contributed by atoms with Gasteiger partial charge < -0.3 is 9.47 Å². The SMILES string of the molecule is COc1cccc(C(=O)OCC(=O)Nc2ncc([N+](=O)[O-])s2)c1. The molecule has 0 saturated heterocycles. The van der Waals surface area contributed by atoms with Crippen molar-refractivity contribution >= 4 is 33.3 Å². The molecule has 0 aliphatic rings. The highest BCUT2D eigenvalue weighted by molar-refractivity contribution is 7.18. The maximum atomic E-state index is 11.8. The van der Waals surface area contributed by atoms with Gasteiger partial charge in [-0.3, -0.25) is 20.2 Å². The highest BCUT2D eigenvalue weighted by atomic mass is 32.1. The van der Waals surface area contributed by atoms with Gasteiger partial charge in [-0.2, -0.15) is 0 Å². The van der Waals surface area contributed by atoms with Crippen LogP contribution >= 0.6 is 11.3 Å². The van der Waals surface area contributed by atoms with Crippen molar-refractivity contribution in [3.05, 3.63) is 46.1 Å². The molecule has 1 N–H and O–H groups in total.